The SMILES string of the molecule is Cc1cc(-n2cc(C=O)nn2)ccc1F. The van der Waals surface area contributed by atoms with Crippen LogP contribution >= 0.6 is 0 Å². The maximum Gasteiger partial charge on any atom is 0.171 e. The summed E-state index contributed by atoms with van der Waals surface area (Å²) in [7, 11) is 0. The van der Waals surface area contributed by atoms with Crippen LogP contribution in [0.4, 0.5) is 4.39 Å². The molecule has 0 atom stereocenters. The summed E-state index contributed by atoms with van der Waals surface area (Å²) >= 11 is 0. The molecule has 0 spiro atoms. The maximum absolute atomic E-state index is 13.0. The van der Waals surface area contributed by atoms with Crippen LogP contribution in [0.3, 0.4) is 0 Å². The lowest BCUT2D eigenvalue weighted by atomic mass is 10.2. The van der Waals surface area contributed by atoms with E-state index < -0.39 is 0 Å². The van der Waals surface area contributed by atoms with Gasteiger partial charge in [-0.1, -0.05) is 5.21 Å². The Balaban J connectivity index is 2.44. The molecule has 0 aliphatic heterocycles. The largest absolute Gasteiger partial charge is 0.296 e. The molecule has 0 saturated heterocycles. The van der Waals surface area contributed by atoms with Crippen molar-refractivity contribution in [2.24, 2.45) is 0 Å². The zero-order chi connectivity index (χ0) is 10.8. The van der Waals surface area contributed by atoms with Crippen LogP contribution in [0, 0.1) is 12.7 Å². The second-order valence-electron chi connectivity index (χ2n) is 3.14. The summed E-state index contributed by atoms with van der Waals surface area (Å²) in [6.07, 6.45) is 2.10. The number of nitrogens with zero attached hydrogens (tertiary/aromatic N) is 3. The molecule has 4 nitrogen and oxygen atoms in total. The third-order valence-corrected chi connectivity index (χ3v) is 2.04. The fraction of sp³-hybridized carbons (Fsp3) is 0.100. The number of carbonyl (C=O) groups excluding carboxylic acids is 1. The van der Waals surface area contributed by atoms with Gasteiger partial charge >= 0.3 is 0 Å². The molecular formula is C10H8FN3O. The number of carbonyl (C=O) groups is 1. The van der Waals surface area contributed by atoms with Crippen LogP contribution < -0.4 is 0 Å². The number of benzene rings is 1. The van der Waals surface area contributed by atoms with Gasteiger partial charge in [-0.3, -0.25) is 4.79 Å². The van der Waals surface area contributed by atoms with Crippen LogP contribution in [-0.4, -0.2) is 21.3 Å². The normalized spacial score (nSPS) is 10.3. The standard InChI is InChI=1S/C10H8FN3O/c1-7-4-9(2-3-10(7)11)14-5-8(6-15)12-13-14/h2-6H,1H3. The van der Waals surface area contributed by atoms with Crippen LogP contribution in [0.25, 0.3) is 5.69 Å². The first-order valence-corrected chi connectivity index (χ1v) is 4.35. The first kappa shape index (κ1) is 9.51. The van der Waals surface area contributed by atoms with Crippen molar-refractivity contribution in [3.8, 4) is 5.69 Å². The Morgan fingerprint density at radius 1 is 1.47 bits per heavy atom. The molecule has 0 aliphatic rings. The molecule has 0 bridgehead atoms. The van der Waals surface area contributed by atoms with E-state index in [-0.39, 0.29) is 11.5 Å². The van der Waals surface area contributed by atoms with Crippen molar-refractivity contribution in [1.82, 2.24) is 15.0 Å². The molecule has 2 rings (SSSR count). The molecule has 0 amide bonds. The van der Waals surface area contributed by atoms with Crippen LogP contribution in [-0.2, 0) is 0 Å². The third kappa shape index (κ3) is 1.76. The monoisotopic (exact) mass is 205 g/mol. The Labute approximate surface area is 85.3 Å². The summed E-state index contributed by atoms with van der Waals surface area (Å²) < 4.78 is 14.4. The lowest BCUT2D eigenvalue weighted by molar-refractivity contribution is 0.111. The highest BCUT2D eigenvalue weighted by Crippen LogP contribution is 2.12. The summed E-state index contributed by atoms with van der Waals surface area (Å²) in [5.74, 6) is -0.269. The molecule has 0 N–H and O–H groups in total. The quantitative estimate of drug-likeness (QED) is 0.698. The molecule has 0 aliphatic carbocycles. The first-order valence-electron chi connectivity index (χ1n) is 4.35. The van der Waals surface area contributed by atoms with Crippen molar-refractivity contribution >= 4 is 6.29 Å². The Bertz CT molecular complexity index is 507. The summed E-state index contributed by atoms with van der Waals surface area (Å²) in [4.78, 5) is 10.4. The van der Waals surface area contributed by atoms with Gasteiger partial charge in [0.2, 0.25) is 0 Å². The van der Waals surface area contributed by atoms with Gasteiger partial charge < -0.3 is 0 Å². The van der Waals surface area contributed by atoms with Gasteiger partial charge in [-0.25, -0.2) is 9.07 Å². The molecule has 76 valence electrons. The van der Waals surface area contributed by atoms with Crippen LogP contribution in [0.5, 0.6) is 0 Å². The average molecular weight is 205 g/mol. The Hall–Kier alpha value is -2.04. The van der Waals surface area contributed by atoms with Gasteiger partial charge in [0.25, 0.3) is 0 Å². The van der Waals surface area contributed by atoms with E-state index >= 15 is 0 Å². The Kier molecular flexibility index (Phi) is 2.29. The van der Waals surface area contributed by atoms with Crippen molar-refractivity contribution in [3.05, 3.63) is 41.5 Å². The summed E-state index contributed by atoms with van der Waals surface area (Å²) in [5, 5.41) is 7.36. The predicted molar refractivity (Wildman–Crippen MR) is 51.4 cm³/mol. The smallest absolute Gasteiger partial charge is 0.171 e. The van der Waals surface area contributed by atoms with Crippen molar-refractivity contribution < 1.29 is 9.18 Å². The van der Waals surface area contributed by atoms with E-state index in [2.05, 4.69) is 10.3 Å². The molecule has 1 aromatic carbocycles. The molecular weight excluding hydrogens is 197 g/mol. The second kappa shape index (κ2) is 3.61. The summed E-state index contributed by atoms with van der Waals surface area (Å²) in [6, 6.07) is 4.57. The highest BCUT2D eigenvalue weighted by molar-refractivity contribution is 5.70. The van der Waals surface area contributed by atoms with E-state index in [1.165, 1.54) is 16.9 Å². The lowest BCUT2D eigenvalue weighted by Gasteiger charge is -2.01. The van der Waals surface area contributed by atoms with Gasteiger partial charge in [0, 0.05) is 0 Å². The second-order valence-corrected chi connectivity index (χ2v) is 3.14. The van der Waals surface area contributed by atoms with Gasteiger partial charge in [-0.05, 0) is 30.7 Å². The van der Waals surface area contributed by atoms with Gasteiger partial charge in [0.05, 0.1) is 11.9 Å². The van der Waals surface area contributed by atoms with Crippen LogP contribution in [0.2, 0.25) is 0 Å². The highest BCUT2D eigenvalue weighted by atomic mass is 19.1. The maximum atomic E-state index is 13.0. The first-order chi connectivity index (χ1) is 7.20. The molecule has 5 heteroatoms. The summed E-state index contributed by atoms with van der Waals surface area (Å²) in [5.41, 5.74) is 1.45. The fourth-order valence-corrected chi connectivity index (χ4v) is 1.23. The van der Waals surface area contributed by atoms with Gasteiger partial charge in [0.15, 0.2) is 6.29 Å². The zero-order valence-electron chi connectivity index (χ0n) is 8.01. The van der Waals surface area contributed by atoms with Gasteiger partial charge in [-0.15, -0.1) is 5.10 Å². The molecule has 0 unspecified atom stereocenters. The average Bonchev–Trinajstić information content (AvgIpc) is 2.70. The minimum absolute atomic E-state index is 0.247. The fourth-order valence-electron chi connectivity index (χ4n) is 1.23. The van der Waals surface area contributed by atoms with E-state index in [9.17, 15) is 9.18 Å². The topological polar surface area (TPSA) is 47.8 Å². The third-order valence-electron chi connectivity index (χ3n) is 2.04. The number of aromatic nitrogens is 3. The van der Waals surface area contributed by atoms with E-state index in [1.807, 2.05) is 0 Å². The minimum atomic E-state index is -0.269. The number of aldehydes is 1. The highest BCUT2D eigenvalue weighted by Gasteiger charge is 2.03. The lowest BCUT2D eigenvalue weighted by Crippen LogP contribution is -1.96. The molecule has 1 heterocycles. The van der Waals surface area contributed by atoms with E-state index in [0.717, 1.165) is 0 Å². The Morgan fingerprint density at radius 2 is 2.27 bits per heavy atom. The van der Waals surface area contributed by atoms with E-state index in [1.54, 1.807) is 19.1 Å². The van der Waals surface area contributed by atoms with Crippen LogP contribution in [0.1, 0.15) is 16.1 Å². The van der Waals surface area contributed by atoms with Crippen molar-refractivity contribution in [2.75, 3.05) is 0 Å². The van der Waals surface area contributed by atoms with Crippen molar-refractivity contribution in [3.63, 3.8) is 0 Å². The number of halogens is 1. The molecule has 0 fully saturated rings. The van der Waals surface area contributed by atoms with Crippen molar-refractivity contribution in [2.45, 2.75) is 6.92 Å². The number of hydrogen-bond acceptors (Lipinski definition) is 3. The number of hydrogen-bond donors (Lipinski definition) is 0. The Morgan fingerprint density at radius 3 is 2.87 bits per heavy atom. The molecule has 1 aromatic heterocycles. The van der Waals surface area contributed by atoms with Gasteiger partial charge in [0.1, 0.15) is 11.5 Å². The molecule has 15 heavy (non-hydrogen) atoms. The molecule has 2 aromatic rings. The minimum Gasteiger partial charge on any atom is -0.296 e. The van der Waals surface area contributed by atoms with E-state index in [4.69, 9.17) is 0 Å². The summed E-state index contributed by atoms with van der Waals surface area (Å²) in [6.45, 7) is 1.66. The number of aryl methyl sites for hydroxylation is 1. The van der Waals surface area contributed by atoms with E-state index in [0.29, 0.717) is 17.5 Å². The molecule has 0 saturated carbocycles. The zero-order valence-corrected chi connectivity index (χ0v) is 8.01. The molecule has 0 radical (unpaired) electrons. The van der Waals surface area contributed by atoms with Crippen molar-refractivity contribution in [1.29, 1.82) is 0 Å². The van der Waals surface area contributed by atoms with Gasteiger partial charge in [-0.2, -0.15) is 0 Å². The number of rotatable bonds is 2. The van der Waals surface area contributed by atoms with Crippen LogP contribution in [0.15, 0.2) is 24.4 Å². The predicted octanol–water partition coefficient (Wildman–Crippen LogP) is 1.53.